The summed E-state index contributed by atoms with van der Waals surface area (Å²) in [5, 5.41) is 2.76. The number of hydrogen-bond donors (Lipinski definition) is 2. The number of carbonyl (C=O) groups is 1. The number of halogens is 1. The van der Waals surface area contributed by atoms with Crippen molar-refractivity contribution in [1.29, 1.82) is 0 Å². The smallest absolute Gasteiger partial charge is 0.322 e. The SMILES string of the molecule is CCN(C(=O)Nc1cccc(F)c1)C1CCC(N)CC1. The minimum atomic E-state index is -0.352. The van der Waals surface area contributed by atoms with Crippen LogP contribution in [0.4, 0.5) is 14.9 Å². The van der Waals surface area contributed by atoms with Gasteiger partial charge in [-0.2, -0.15) is 0 Å². The molecule has 5 heteroatoms. The summed E-state index contributed by atoms with van der Waals surface area (Å²) in [6.07, 6.45) is 3.78. The lowest BCUT2D eigenvalue weighted by atomic mass is 9.91. The highest BCUT2D eigenvalue weighted by atomic mass is 19.1. The van der Waals surface area contributed by atoms with Crippen LogP contribution in [0.1, 0.15) is 32.6 Å². The Hall–Kier alpha value is -1.62. The summed E-state index contributed by atoms with van der Waals surface area (Å²) in [6, 6.07) is 6.27. The van der Waals surface area contributed by atoms with E-state index >= 15 is 0 Å². The van der Waals surface area contributed by atoms with Crippen molar-refractivity contribution in [1.82, 2.24) is 4.90 Å². The van der Waals surface area contributed by atoms with E-state index in [0.717, 1.165) is 25.7 Å². The molecule has 0 atom stereocenters. The molecular formula is C15H22FN3O. The fraction of sp³-hybridized carbons (Fsp3) is 0.533. The van der Waals surface area contributed by atoms with Crippen LogP contribution in [0.2, 0.25) is 0 Å². The molecule has 1 aliphatic carbocycles. The molecule has 3 N–H and O–H groups in total. The quantitative estimate of drug-likeness (QED) is 0.893. The van der Waals surface area contributed by atoms with Crippen molar-refractivity contribution >= 4 is 11.7 Å². The van der Waals surface area contributed by atoms with Gasteiger partial charge in [0.15, 0.2) is 0 Å². The average Bonchev–Trinajstić information content (AvgIpc) is 2.42. The average molecular weight is 279 g/mol. The van der Waals surface area contributed by atoms with Gasteiger partial charge >= 0.3 is 6.03 Å². The van der Waals surface area contributed by atoms with E-state index in [0.29, 0.717) is 12.2 Å². The van der Waals surface area contributed by atoms with Gasteiger partial charge in [0.2, 0.25) is 0 Å². The first-order valence-corrected chi connectivity index (χ1v) is 7.19. The van der Waals surface area contributed by atoms with Crippen LogP contribution in [0, 0.1) is 5.82 Å². The van der Waals surface area contributed by atoms with E-state index in [1.165, 1.54) is 12.1 Å². The molecule has 0 bridgehead atoms. The van der Waals surface area contributed by atoms with Crippen molar-refractivity contribution in [3.05, 3.63) is 30.1 Å². The first-order chi connectivity index (χ1) is 9.60. The molecule has 1 saturated carbocycles. The van der Waals surface area contributed by atoms with Gasteiger partial charge in [-0.25, -0.2) is 9.18 Å². The van der Waals surface area contributed by atoms with Crippen LogP contribution in [0.3, 0.4) is 0 Å². The molecule has 0 saturated heterocycles. The van der Waals surface area contributed by atoms with Crippen LogP contribution in [0.5, 0.6) is 0 Å². The number of urea groups is 1. The lowest BCUT2D eigenvalue weighted by molar-refractivity contribution is 0.167. The number of hydrogen-bond acceptors (Lipinski definition) is 2. The molecule has 0 aromatic heterocycles. The zero-order valence-electron chi connectivity index (χ0n) is 11.8. The lowest BCUT2D eigenvalue weighted by Gasteiger charge is -2.35. The van der Waals surface area contributed by atoms with Crippen LogP contribution in [0.15, 0.2) is 24.3 Å². The van der Waals surface area contributed by atoms with E-state index in [4.69, 9.17) is 5.73 Å². The number of nitrogens with one attached hydrogen (secondary N) is 1. The van der Waals surface area contributed by atoms with Crippen molar-refractivity contribution in [2.75, 3.05) is 11.9 Å². The van der Waals surface area contributed by atoms with E-state index in [-0.39, 0.29) is 23.9 Å². The Kier molecular flexibility index (Phi) is 4.95. The summed E-state index contributed by atoms with van der Waals surface area (Å²) in [5.74, 6) is -0.352. The van der Waals surface area contributed by atoms with Gasteiger partial charge < -0.3 is 16.0 Å². The molecule has 2 amide bonds. The predicted molar refractivity (Wildman–Crippen MR) is 78.0 cm³/mol. The van der Waals surface area contributed by atoms with Crippen molar-refractivity contribution in [3.8, 4) is 0 Å². The Morgan fingerprint density at radius 2 is 2.10 bits per heavy atom. The van der Waals surface area contributed by atoms with Gasteiger partial charge in [0.25, 0.3) is 0 Å². The summed E-state index contributed by atoms with van der Waals surface area (Å²) in [4.78, 5) is 14.1. The Bertz CT molecular complexity index is 458. The largest absolute Gasteiger partial charge is 0.328 e. The summed E-state index contributed by atoms with van der Waals surface area (Å²) >= 11 is 0. The first-order valence-electron chi connectivity index (χ1n) is 7.19. The van der Waals surface area contributed by atoms with Crippen molar-refractivity contribution < 1.29 is 9.18 Å². The zero-order chi connectivity index (χ0) is 14.5. The normalized spacial score (nSPS) is 22.4. The second kappa shape index (κ2) is 6.70. The Morgan fingerprint density at radius 1 is 1.40 bits per heavy atom. The summed E-state index contributed by atoms with van der Waals surface area (Å²) in [7, 11) is 0. The molecule has 0 heterocycles. The van der Waals surface area contributed by atoms with Crippen LogP contribution in [-0.2, 0) is 0 Å². The third kappa shape index (κ3) is 3.70. The molecule has 0 radical (unpaired) electrons. The Balaban J connectivity index is 1.98. The molecular weight excluding hydrogens is 257 g/mol. The number of amides is 2. The molecule has 4 nitrogen and oxygen atoms in total. The topological polar surface area (TPSA) is 58.4 Å². The molecule has 1 aromatic carbocycles. The third-order valence-corrected chi connectivity index (χ3v) is 3.86. The second-order valence-corrected chi connectivity index (χ2v) is 5.30. The minimum absolute atomic E-state index is 0.168. The maximum absolute atomic E-state index is 13.1. The number of benzene rings is 1. The summed E-state index contributed by atoms with van der Waals surface area (Å²) < 4.78 is 13.1. The molecule has 0 spiro atoms. The molecule has 110 valence electrons. The van der Waals surface area contributed by atoms with Crippen molar-refractivity contribution in [2.24, 2.45) is 5.73 Å². The predicted octanol–water partition coefficient (Wildman–Crippen LogP) is 2.95. The molecule has 1 fully saturated rings. The number of rotatable bonds is 3. The molecule has 1 aromatic rings. The third-order valence-electron chi connectivity index (χ3n) is 3.86. The number of anilines is 1. The molecule has 0 unspecified atom stereocenters. The van der Waals surface area contributed by atoms with E-state index in [9.17, 15) is 9.18 Å². The van der Waals surface area contributed by atoms with E-state index < -0.39 is 0 Å². The van der Waals surface area contributed by atoms with E-state index in [2.05, 4.69) is 5.32 Å². The highest BCUT2D eigenvalue weighted by molar-refractivity contribution is 5.89. The van der Waals surface area contributed by atoms with Crippen LogP contribution in [-0.4, -0.2) is 29.6 Å². The van der Waals surface area contributed by atoms with Gasteiger partial charge in [0.1, 0.15) is 5.82 Å². The number of carbonyl (C=O) groups excluding carboxylic acids is 1. The Labute approximate surface area is 119 Å². The number of nitrogens with two attached hydrogens (primary N) is 1. The molecule has 1 aliphatic rings. The van der Waals surface area contributed by atoms with Gasteiger partial charge in [0, 0.05) is 24.3 Å². The van der Waals surface area contributed by atoms with Crippen LogP contribution >= 0.6 is 0 Å². The van der Waals surface area contributed by atoms with Gasteiger partial charge in [-0.15, -0.1) is 0 Å². The maximum Gasteiger partial charge on any atom is 0.322 e. The minimum Gasteiger partial charge on any atom is -0.328 e. The van der Waals surface area contributed by atoms with Gasteiger partial charge in [-0.05, 0) is 50.8 Å². The fourth-order valence-electron chi connectivity index (χ4n) is 2.74. The van der Waals surface area contributed by atoms with Crippen LogP contribution in [0.25, 0.3) is 0 Å². The zero-order valence-corrected chi connectivity index (χ0v) is 11.8. The number of nitrogens with zero attached hydrogens (tertiary/aromatic N) is 1. The Morgan fingerprint density at radius 3 is 2.70 bits per heavy atom. The highest BCUT2D eigenvalue weighted by Gasteiger charge is 2.26. The van der Waals surface area contributed by atoms with Crippen LogP contribution < -0.4 is 11.1 Å². The standard InChI is InChI=1S/C15H22FN3O/c1-2-19(14-8-6-12(17)7-9-14)15(20)18-13-5-3-4-11(16)10-13/h3-5,10,12,14H,2,6-9,17H2,1H3,(H,18,20). The fourth-order valence-corrected chi connectivity index (χ4v) is 2.74. The van der Waals surface area contributed by atoms with Gasteiger partial charge in [0.05, 0.1) is 0 Å². The highest BCUT2D eigenvalue weighted by Crippen LogP contribution is 2.23. The summed E-state index contributed by atoms with van der Waals surface area (Å²) in [6.45, 7) is 2.60. The lowest BCUT2D eigenvalue weighted by Crippen LogP contribution is -2.46. The van der Waals surface area contributed by atoms with Gasteiger partial charge in [-0.1, -0.05) is 6.07 Å². The van der Waals surface area contributed by atoms with Crippen molar-refractivity contribution in [3.63, 3.8) is 0 Å². The summed E-state index contributed by atoms with van der Waals surface area (Å²) in [5.41, 5.74) is 6.38. The molecule has 20 heavy (non-hydrogen) atoms. The maximum atomic E-state index is 13.1. The second-order valence-electron chi connectivity index (χ2n) is 5.30. The van der Waals surface area contributed by atoms with Crippen molar-refractivity contribution in [2.45, 2.75) is 44.7 Å². The molecule has 0 aliphatic heterocycles. The van der Waals surface area contributed by atoms with E-state index in [1.807, 2.05) is 11.8 Å². The van der Waals surface area contributed by atoms with Gasteiger partial charge in [-0.3, -0.25) is 0 Å². The first kappa shape index (κ1) is 14.8. The monoisotopic (exact) mass is 279 g/mol. The van der Waals surface area contributed by atoms with E-state index in [1.54, 1.807) is 12.1 Å². The molecule has 2 rings (SSSR count).